The molecule has 5 N–H and O–H groups in total. The lowest BCUT2D eigenvalue weighted by Gasteiger charge is -2.11. The van der Waals surface area contributed by atoms with Gasteiger partial charge >= 0.3 is 6.03 Å². The van der Waals surface area contributed by atoms with Crippen LogP contribution in [0.5, 0.6) is 0 Å². The average molecular weight is 248 g/mol. The topological polar surface area (TPSA) is 96.2 Å². The first-order valence-corrected chi connectivity index (χ1v) is 5.82. The maximum absolute atomic E-state index is 11.8. The number of primary amides is 1. The van der Waals surface area contributed by atoms with Crippen molar-refractivity contribution in [2.45, 2.75) is 12.5 Å². The number of anilines is 1. The fourth-order valence-corrected chi connectivity index (χ4v) is 1.95. The molecule has 0 aliphatic carbocycles. The number of hydrogen-bond acceptors (Lipinski definition) is 3. The molecule has 0 spiro atoms. The lowest BCUT2D eigenvalue weighted by atomic mass is 10.1. The van der Waals surface area contributed by atoms with E-state index in [1.165, 1.54) is 0 Å². The van der Waals surface area contributed by atoms with Crippen LogP contribution < -0.4 is 21.7 Å². The van der Waals surface area contributed by atoms with Crippen LogP contribution in [0.1, 0.15) is 5.56 Å². The molecule has 1 atom stereocenters. The van der Waals surface area contributed by atoms with E-state index in [4.69, 9.17) is 5.73 Å². The Hall–Kier alpha value is -2.24. The number of nitrogens with one attached hydrogen (secondary N) is 3. The van der Waals surface area contributed by atoms with E-state index in [0.717, 1.165) is 11.3 Å². The van der Waals surface area contributed by atoms with Crippen LogP contribution in [0.15, 0.2) is 24.3 Å². The molecule has 0 saturated carbocycles. The van der Waals surface area contributed by atoms with E-state index < -0.39 is 6.03 Å². The van der Waals surface area contributed by atoms with Gasteiger partial charge in [-0.05, 0) is 11.6 Å². The third kappa shape index (κ3) is 2.91. The van der Waals surface area contributed by atoms with E-state index >= 15 is 0 Å². The Morgan fingerprint density at radius 2 is 2.00 bits per heavy atom. The molecule has 2 rings (SSSR count). The molecular weight excluding hydrogens is 232 g/mol. The Balaban J connectivity index is 1.77. The molecule has 1 unspecified atom stereocenters. The fraction of sp³-hybridized carbons (Fsp3) is 0.333. The van der Waals surface area contributed by atoms with Gasteiger partial charge < -0.3 is 21.7 Å². The van der Waals surface area contributed by atoms with Gasteiger partial charge in [-0.3, -0.25) is 4.79 Å². The van der Waals surface area contributed by atoms with Crippen LogP contribution in [0.4, 0.5) is 10.5 Å². The van der Waals surface area contributed by atoms with Gasteiger partial charge in [0.25, 0.3) is 0 Å². The maximum Gasteiger partial charge on any atom is 0.312 e. The molecule has 0 aromatic heterocycles. The molecule has 1 aliphatic heterocycles. The highest BCUT2D eigenvalue weighted by Crippen LogP contribution is 2.24. The minimum absolute atomic E-state index is 0.0718. The van der Waals surface area contributed by atoms with Crippen LogP contribution in [-0.2, 0) is 11.2 Å². The summed E-state index contributed by atoms with van der Waals surface area (Å²) in [5.41, 5.74) is 7.07. The van der Waals surface area contributed by atoms with Crippen molar-refractivity contribution in [1.29, 1.82) is 0 Å². The number of benzene rings is 1. The van der Waals surface area contributed by atoms with Crippen molar-refractivity contribution in [2.75, 3.05) is 18.4 Å². The number of hydrogen-bond donors (Lipinski definition) is 4. The zero-order valence-corrected chi connectivity index (χ0v) is 9.90. The molecule has 6 nitrogen and oxygen atoms in total. The standard InChI is InChI=1S/C12H16N4O2/c13-12(18)15-6-5-14-11(17)10-7-8-3-1-2-4-9(8)16-10/h1-4,10,16H,5-7H2,(H,14,17)(H3,13,15,18). The first-order chi connectivity index (χ1) is 8.66. The molecule has 0 saturated heterocycles. The molecule has 0 radical (unpaired) electrons. The van der Waals surface area contributed by atoms with Crippen LogP contribution in [0.2, 0.25) is 0 Å². The first-order valence-electron chi connectivity index (χ1n) is 5.82. The average Bonchev–Trinajstić information content (AvgIpc) is 2.78. The summed E-state index contributed by atoms with van der Waals surface area (Å²) < 4.78 is 0. The second-order valence-electron chi connectivity index (χ2n) is 4.14. The largest absolute Gasteiger partial charge is 0.373 e. The highest BCUT2D eigenvalue weighted by Gasteiger charge is 2.25. The van der Waals surface area contributed by atoms with Gasteiger partial charge in [-0.25, -0.2) is 4.79 Å². The van der Waals surface area contributed by atoms with Crippen LogP contribution in [0, 0.1) is 0 Å². The number of carbonyl (C=O) groups excluding carboxylic acids is 2. The lowest BCUT2D eigenvalue weighted by molar-refractivity contribution is -0.121. The number of carbonyl (C=O) groups is 2. The SMILES string of the molecule is NC(=O)NCCNC(=O)C1Cc2ccccc2N1. The number of fused-ring (bicyclic) bond motifs is 1. The van der Waals surface area contributed by atoms with Crippen LogP contribution in [0.25, 0.3) is 0 Å². The summed E-state index contributed by atoms with van der Waals surface area (Å²) >= 11 is 0. The predicted octanol–water partition coefficient (Wildman–Crippen LogP) is -0.192. The molecule has 0 fully saturated rings. The number of para-hydroxylation sites is 1. The summed E-state index contributed by atoms with van der Waals surface area (Å²) in [6, 6.07) is 7.02. The van der Waals surface area contributed by atoms with Gasteiger partial charge in [0.05, 0.1) is 0 Å². The number of nitrogens with two attached hydrogens (primary N) is 1. The molecule has 1 aromatic carbocycles. The highest BCUT2D eigenvalue weighted by molar-refractivity contribution is 5.87. The third-order valence-corrected chi connectivity index (χ3v) is 2.81. The molecule has 3 amide bonds. The van der Waals surface area contributed by atoms with E-state index in [2.05, 4.69) is 16.0 Å². The summed E-state index contributed by atoms with van der Waals surface area (Å²) in [7, 11) is 0. The van der Waals surface area contributed by atoms with Crippen molar-refractivity contribution in [3.05, 3.63) is 29.8 Å². The molecule has 1 aliphatic rings. The van der Waals surface area contributed by atoms with E-state index in [0.29, 0.717) is 19.5 Å². The Labute approximate surface area is 105 Å². The zero-order chi connectivity index (χ0) is 13.0. The molecule has 6 heteroatoms. The van der Waals surface area contributed by atoms with Gasteiger partial charge in [0.15, 0.2) is 0 Å². The summed E-state index contributed by atoms with van der Waals surface area (Å²) in [5, 5.41) is 8.32. The Kier molecular flexibility index (Phi) is 3.66. The fourth-order valence-electron chi connectivity index (χ4n) is 1.95. The monoisotopic (exact) mass is 248 g/mol. The van der Waals surface area contributed by atoms with Gasteiger partial charge in [-0.15, -0.1) is 0 Å². The van der Waals surface area contributed by atoms with Crippen LogP contribution >= 0.6 is 0 Å². The van der Waals surface area contributed by atoms with Crippen molar-refractivity contribution < 1.29 is 9.59 Å². The minimum Gasteiger partial charge on any atom is -0.373 e. The lowest BCUT2D eigenvalue weighted by Crippen LogP contribution is -2.42. The molecule has 18 heavy (non-hydrogen) atoms. The number of urea groups is 1. The smallest absolute Gasteiger partial charge is 0.312 e. The van der Waals surface area contributed by atoms with E-state index in [9.17, 15) is 9.59 Å². The van der Waals surface area contributed by atoms with Gasteiger partial charge in [0.1, 0.15) is 6.04 Å². The molecule has 0 bridgehead atoms. The van der Waals surface area contributed by atoms with Gasteiger partial charge in [0.2, 0.25) is 5.91 Å². The van der Waals surface area contributed by atoms with Crippen molar-refractivity contribution in [2.24, 2.45) is 5.73 Å². The summed E-state index contributed by atoms with van der Waals surface area (Å²) in [6.07, 6.45) is 0.686. The molecule has 1 aromatic rings. The van der Waals surface area contributed by atoms with Gasteiger partial charge in [-0.2, -0.15) is 0 Å². The second kappa shape index (κ2) is 5.39. The minimum atomic E-state index is -0.587. The zero-order valence-electron chi connectivity index (χ0n) is 9.90. The Bertz CT molecular complexity index is 436. The summed E-state index contributed by atoms with van der Waals surface area (Å²) in [4.78, 5) is 22.3. The second-order valence-corrected chi connectivity index (χ2v) is 4.14. The van der Waals surface area contributed by atoms with E-state index in [1.54, 1.807) is 0 Å². The predicted molar refractivity (Wildman–Crippen MR) is 68.2 cm³/mol. The van der Waals surface area contributed by atoms with Crippen LogP contribution in [-0.4, -0.2) is 31.1 Å². The van der Waals surface area contributed by atoms with Crippen molar-refractivity contribution in [3.63, 3.8) is 0 Å². The van der Waals surface area contributed by atoms with Crippen LogP contribution in [0.3, 0.4) is 0 Å². The van der Waals surface area contributed by atoms with Gasteiger partial charge in [-0.1, -0.05) is 18.2 Å². The third-order valence-electron chi connectivity index (χ3n) is 2.81. The summed E-state index contributed by atoms with van der Waals surface area (Å²) in [6.45, 7) is 0.705. The Morgan fingerprint density at radius 1 is 1.28 bits per heavy atom. The maximum atomic E-state index is 11.8. The number of amides is 3. The molecular formula is C12H16N4O2. The highest BCUT2D eigenvalue weighted by atomic mass is 16.2. The van der Waals surface area contributed by atoms with Gasteiger partial charge in [0, 0.05) is 25.2 Å². The molecule has 96 valence electrons. The van der Waals surface area contributed by atoms with Crippen molar-refractivity contribution in [3.8, 4) is 0 Å². The number of rotatable bonds is 4. The van der Waals surface area contributed by atoms with Crippen molar-refractivity contribution >= 4 is 17.6 Å². The quantitative estimate of drug-likeness (QED) is 0.556. The molecule has 1 heterocycles. The summed E-state index contributed by atoms with van der Waals surface area (Å²) in [5.74, 6) is -0.0718. The van der Waals surface area contributed by atoms with Crippen molar-refractivity contribution in [1.82, 2.24) is 10.6 Å². The normalized spacial score (nSPS) is 16.6. The first kappa shape index (κ1) is 12.2. The Morgan fingerprint density at radius 3 is 2.72 bits per heavy atom. The van der Waals surface area contributed by atoms with E-state index in [1.807, 2.05) is 24.3 Å². The van der Waals surface area contributed by atoms with E-state index in [-0.39, 0.29) is 11.9 Å².